The van der Waals surface area contributed by atoms with Gasteiger partial charge in [-0.15, -0.1) is 0 Å². The van der Waals surface area contributed by atoms with Crippen molar-refractivity contribution in [2.24, 2.45) is 0 Å². The van der Waals surface area contributed by atoms with Crippen molar-refractivity contribution in [2.45, 2.75) is 25.8 Å². The van der Waals surface area contributed by atoms with E-state index in [-0.39, 0.29) is 0 Å². The number of anilines is 2. The van der Waals surface area contributed by atoms with E-state index in [2.05, 4.69) is 42.6 Å². The third-order valence-corrected chi connectivity index (χ3v) is 5.60. The summed E-state index contributed by atoms with van der Waals surface area (Å²) in [7, 11) is 1.68. The van der Waals surface area contributed by atoms with Crippen LogP contribution in [0, 0.1) is 6.92 Å². The maximum absolute atomic E-state index is 5.52. The highest BCUT2D eigenvalue weighted by atomic mass is 16.5. The molecule has 3 aromatic heterocycles. The minimum atomic E-state index is 0.458. The van der Waals surface area contributed by atoms with Gasteiger partial charge in [-0.2, -0.15) is 5.10 Å². The molecule has 4 aromatic rings. The van der Waals surface area contributed by atoms with Gasteiger partial charge in [0.1, 0.15) is 11.3 Å². The van der Waals surface area contributed by atoms with Crippen LogP contribution in [0.15, 0.2) is 42.7 Å². The van der Waals surface area contributed by atoms with E-state index in [1.54, 1.807) is 13.3 Å². The van der Waals surface area contributed by atoms with Crippen LogP contribution in [0.25, 0.3) is 22.4 Å². The summed E-state index contributed by atoms with van der Waals surface area (Å²) in [6, 6.07) is 10.5. The lowest BCUT2D eigenvalue weighted by molar-refractivity contribution is 0.375. The van der Waals surface area contributed by atoms with E-state index in [9.17, 15) is 0 Å². The molecule has 0 radical (unpaired) electrons. The molecule has 1 aliphatic rings. The highest BCUT2D eigenvalue weighted by molar-refractivity contribution is 5.75. The van der Waals surface area contributed by atoms with Gasteiger partial charge in [0.15, 0.2) is 17.3 Å². The summed E-state index contributed by atoms with van der Waals surface area (Å²) in [5.41, 5.74) is 4.80. The van der Waals surface area contributed by atoms with E-state index in [1.165, 1.54) is 0 Å². The largest absolute Gasteiger partial charge is 0.496 e. The molecule has 0 unspecified atom stereocenters. The lowest BCUT2D eigenvalue weighted by atomic mass is 10.1. The van der Waals surface area contributed by atoms with Crippen molar-refractivity contribution in [3.63, 3.8) is 0 Å². The smallest absolute Gasteiger partial charge is 0.161 e. The Hall–Kier alpha value is -3.39. The highest BCUT2D eigenvalue weighted by Gasteiger charge is 2.18. The van der Waals surface area contributed by atoms with Gasteiger partial charge >= 0.3 is 0 Å². The maximum atomic E-state index is 5.52. The van der Waals surface area contributed by atoms with E-state index in [4.69, 9.17) is 9.72 Å². The van der Waals surface area contributed by atoms with Crippen molar-refractivity contribution in [1.82, 2.24) is 30.0 Å². The van der Waals surface area contributed by atoms with Gasteiger partial charge in [-0.3, -0.25) is 5.10 Å². The SMILES string of the molecule is COc1cc(C)ccc1-c1cc(Nc2cnc3ccn(C4CCNCC4)c3n2)n[nH]1. The molecule has 4 heterocycles. The molecule has 0 atom stereocenters. The van der Waals surface area contributed by atoms with Crippen LogP contribution in [0.4, 0.5) is 11.6 Å². The fourth-order valence-electron chi connectivity index (χ4n) is 4.03. The normalized spacial score (nSPS) is 14.9. The molecule has 8 heteroatoms. The van der Waals surface area contributed by atoms with Crippen LogP contribution in [0.5, 0.6) is 5.75 Å². The Kier molecular flexibility index (Phi) is 4.84. The molecule has 5 rings (SSSR count). The number of benzene rings is 1. The second-order valence-electron chi connectivity index (χ2n) is 7.66. The number of piperidine rings is 1. The van der Waals surface area contributed by atoms with Crippen molar-refractivity contribution in [1.29, 1.82) is 0 Å². The van der Waals surface area contributed by atoms with Crippen LogP contribution >= 0.6 is 0 Å². The third-order valence-electron chi connectivity index (χ3n) is 5.60. The van der Waals surface area contributed by atoms with E-state index < -0.39 is 0 Å². The lowest BCUT2D eigenvalue weighted by Crippen LogP contribution is -2.29. The van der Waals surface area contributed by atoms with Crippen LogP contribution in [0.3, 0.4) is 0 Å². The van der Waals surface area contributed by atoms with Crippen molar-refractivity contribution >= 4 is 22.8 Å². The van der Waals surface area contributed by atoms with Crippen molar-refractivity contribution in [3.05, 3.63) is 48.3 Å². The Labute approximate surface area is 174 Å². The molecule has 0 saturated carbocycles. The minimum absolute atomic E-state index is 0.458. The number of aryl methyl sites for hydroxylation is 1. The quantitative estimate of drug-likeness (QED) is 0.469. The molecule has 3 N–H and O–H groups in total. The second kappa shape index (κ2) is 7.79. The van der Waals surface area contributed by atoms with Crippen LogP contribution < -0.4 is 15.4 Å². The highest BCUT2D eigenvalue weighted by Crippen LogP contribution is 2.31. The summed E-state index contributed by atoms with van der Waals surface area (Å²) in [5.74, 6) is 2.16. The summed E-state index contributed by atoms with van der Waals surface area (Å²) >= 11 is 0. The first-order chi connectivity index (χ1) is 14.7. The Balaban J connectivity index is 1.41. The monoisotopic (exact) mass is 403 g/mol. The zero-order chi connectivity index (χ0) is 20.5. The number of H-pyrrole nitrogens is 1. The summed E-state index contributed by atoms with van der Waals surface area (Å²) < 4.78 is 7.77. The molecular weight excluding hydrogens is 378 g/mol. The summed E-state index contributed by atoms with van der Waals surface area (Å²) in [6.07, 6.45) is 6.05. The molecule has 0 bridgehead atoms. The Morgan fingerprint density at radius 1 is 1.13 bits per heavy atom. The molecule has 1 fully saturated rings. The average Bonchev–Trinajstić information content (AvgIpc) is 3.41. The first-order valence-corrected chi connectivity index (χ1v) is 10.2. The first-order valence-electron chi connectivity index (χ1n) is 10.2. The molecule has 1 saturated heterocycles. The van der Waals surface area contributed by atoms with Gasteiger partial charge in [0.25, 0.3) is 0 Å². The zero-order valence-electron chi connectivity index (χ0n) is 17.1. The number of ether oxygens (including phenoxy) is 1. The van der Waals surface area contributed by atoms with Crippen molar-refractivity contribution in [2.75, 3.05) is 25.5 Å². The van der Waals surface area contributed by atoms with Gasteiger partial charge in [-0.05, 0) is 56.6 Å². The zero-order valence-corrected chi connectivity index (χ0v) is 17.1. The van der Waals surface area contributed by atoms with Gasteiger partial charge in [-0.1, -0.05) is 6.07 Å². The van der Waals surface area contributed by atoms with E-state index in [0.717, 1.165) is 59.7 Å². The fraction of sp³-hybridized carbons (Fsp3) is 0.318. The molecule has 1 aliphatic heterocycles. The standard InChI is InChI=1S/C22H25N7O/c1-14-3-4-16(19(11-14)30-2)18-12-20(28-27-18)25-21-13-24-17-7-10-29(22(17)26-21)15-5-8-23-9-6-15/h3-4,7,10-13,15,23H,5-6,8-9H2,1-2H3,(H2,25,26,27,28). The molecule has 0 spiro atoms. The molecule has 154 valence electrons. The molecule has 1 aromatic carbocycles. The molecule has 0 aliphatic carbocycles. The maximum Gasteiger partial charge on any atom is 0.161 e. The number of aromatic amines is 1. The predicted octanol–water partition coefficient (Wildman–Crippen LogP) is 3.81. The number of hydrogen-bond donors (Lipinski definition) is 3. The van der Waals surface area contributed by atoms with Gasteiger partial charge in [0.05, 0.1) is 19.0 Å². The molecule has 30 heavy (non-hydrogen) atoms. The number of aromatic nitrogens is 5. The van der Waals surface area contributed by atoms with Crippen LogP contribution in [-0.2, 0) is 0 Å². The fourth-order valence-corrected chi connectivity index (χ4v) is 4.03. The van der Waals surface area contributed by atoms with Crippen molar-refractivity contribution < 1.29 is 4.74 Å². The van der Waals surface area contributed by atoms with E-state index >= 15 is 0 Å². The molecule has 0 amide bonds. The Morgan fingerprint density at radius 3 is 2.83 bits per heavy atom. The van der Waals surface area contributed by atoms with Gasteiger partial charge < -0.3 is 19.9 Å². The predicted molar refractivity (Wildman–Crippen MR) is 117 cm³/mol. The van der Waals surface area contributed by atoms with Gasteiger partial charge in [-0.25, -0.2) is 9.97 Å². The number of methoxy groups -OCH3 is 1. The topological polar surface area (TPSA) is 92.7 Å². The van der Waals surface area contributed by atoms with Gasteiger partial charge in [0, 0.05) is 23.9 Å². The number of fused-ring (bicyclic) bond motifs is 1. The van der Waals surface area contributed by atoms with Crippen LogP contribution in [-0.4, -0.2) is 44.9 Å². The lowest BCUT2D eigenvalue weighted by Gasteiger charge is -2.24. The Bertz CT molecular complexity index is 1170. The summed E-state index contributed by atoms with van der Waals surface area (Å²) in [4.78, 5) is 9.40. The second-order valence-corrected chi connectivity index (χ2v) is 7.66. The van der Waals surface area contributed by atoms with Crippen molar-refractivity contribution in [3.8, 4) is 17.0 Å². The first kappa shape index (κ1) is 18.6. The van der Waals surface area contributed by atoms with E-state index in [0.29, 0.717) is 17.7 Å². The molecular formula is C22H25N7O. The number of nitrogens with zero attached hydrogens (tertiary/aromatic N) is 4. The third kappa shape index (κ3) is 3.50. The minimum Gasteiger partial charge on any atom is -0.496 e. The number of rotatable bonds is 5. The average molecular weight is 403 g/mol. The van der Waals surface area contributed by atoms with E-state index in [1.807, 2.05) is 31.2 Å². The molecule has 8 nitrogen and oxygen atoms in total. The van der Waals surface area contributed by atoms with Crippen LogP contribution in [0.2, 0.25) is 0 Å². The summed E-state index contributed by atoms with van der Waals surface area (Å²) in [5, 5.41) is 14.2. The number of hydrogen-bond acceptors (Lipinski definition) is 6. The summed E-state index contributed by atoms with van der Waals surface area (Å²) in [6.45, 7) is 4.11. The van der Waals surface area contributed by atoms with Crippen LogP contribution in [0.1, 0.15) is 24.4 Å². The Morgan fingerprint density at radius 2 is 2.00 bits per heavy atom. The number of nitrogens with one attached hydrogen (secondary N) is 3. The van der Waals surface area contributed by atoms with Gasteiger partial charge in [0.2, 0.25) is 0 Å².